The fourth-order valence-corrected chi connectivity index (χ4v) is 4.32. The summed E-state index contributed by atoms with van der Waals surface area (Å²) in [7, 11) is 0. The normalized spacial score (nSPS) is 11.6. The van der Waals surface area contributed by atoms with E-state index in [9.17, 15) is 14.7 Å². The summed E-state index contributed by atoms with van der Waals surface area (Å²) in [5.41, 5.74) is 0.819. The topological polar surface area (TPSA) is 101 Å². The Labute approximate surface area is 200 Å². The number of carboxylic acids is 1. The molecule has 4 aromatic rings. The van der Waals surface area contributed by atoms with Crippen molar-refractivity contribution in [3.05, 3.63) is 119 Å². The van der Waals surface area contributed by atoms with Crippen LogP contribution in [0.4, 0.5) is 5.13 Å². The number of aromatic nitrogens is 1. The van der Waals surface area contributed by atoms with Gasteiger partial charge in [0, 0.05) is 29.0 Å². The molecule has 0 fully saturated rings. The molecule has 4 rings (SSSR count). The number of carboxylic acid groups (broad SMARTS) is 1. The van der Waals surface area contributed by atoms with E-state index >= 15 is 0 Å². The predicted octanol–water partition coefficient (Wildman–Crippen LogP) is 4.90. The zero-order valence-corrected chi connectivity index (χ0v) is 19.0. The minimum absolute atomic E-state index is 0.0873. The van der Waals surface area contributed by atoms with Gasteiger partial charge in [-0.15, -0.1) is 11.3 Å². The molecule has 0 bridgehead atoms. The summed E-state index contributed by atoms with van der Waals surface area (Å²) in [5, 5.41) is 18.4. The second-order valence-electron chi connectivity index (χ2n) is 7.33. The Morgan fingerprint density at radius 1 is 0.882 bits per heavy atom. The van der Waals surface area contributed by atoms with Crippen molar-refractivity contribution >= 4 is 34.1 Å². The minimum Gasteiger partial charge on any atom is -0.476 e. The second kappa shape index (κ2) is 10.1. The number of hydrogen-bond acceptors (Lipinski definition) is 6. The van der Waals surface area contributed by atoms with Crippen LogP contribution in [0, 0.1) is 0 Å². The number of amides is 1. The van der Waals surface area contributed by atoms with Gasteiger partial charge in [-0.1, -0.05) is 96.2 Å². The SMILES string of the molecule is CC(=O)Nc1nc(C(=NOC(c2ccccc2)(c2ccccc2)c2ccccc2)C(=O)O)cs1. The zero-order chi connectivity index (χ0) is 24.0. The highest BCUT2D eigenvalue weighted by atomic mass is 32.1. The van der Waals surface area contributed by atoms with Gasteiger partial charge >= 0.3 is 5.97 Å². The van der Waals surface area contributed by atoms with E-state index < -0.39 is 11.6 Å². The zero-order valence-electron chi connectivity index (χ0n) is 18.2. The van der Waals surface area contributed by atoms with E-state index in [1.165, 1.54) is 12.3 Å². The van der Waals surface area contributed by atoms with Gasteiger partial charge in [0.15, 0.2) is 5.13 Å². The Morgan fingerprint density at radius 2 is 1.35 bits per heavy atom. The van der Waals surface area contributed by atoms with Crippen LogP contribution >= 0.6 is 11.3 Å². The number of rotatable bonds is 8. The maximum atomic E-state index is 12.1. The lowest BCUT2D eigenvalue weighted by Crippen LogP contribution is -2.32. The number of oxime groups is 1. The van der Waals surface area contributed by atoms with Crippen molar-refractivity contribution in [1.29, 1.82) is 0 Å². The third-order valence-corrected chi connectivity index (χ3v) is 5.80. The van der Waals surface area contributed by atoms with E-state index in [-0.39, 0.29) is 22.4 Å². The molecule has 34 heavy (non-hydrogen) atoms. The standard InChI is InChI=1S/C26H21N3O4S/c1-18(30)27-25-28-22(17-34-25)23(24(31)32)29-33-26(19-11-5-2-6-12-19,20-13-7-3-8-14-20)21-15-9-4-10-16-21/h2-17H,1H3,(H,31,32)(H,27,28,30). The summed E-state index contributed by atoms with van der Waals surface area (Å²) in [4.78, 5) is 33.9. The number of thiazole rings is 1. The average molecular weight is 472 g/mol. The lowest BCUT2D eigenvalue weighted by Gasteiger charge is -2.33. The molecule has 0 radical (unpaired) electrons. The van der Waals surface area contributed by atoms with Gasteiger partial charge in [0.2, 0.25) is 17.2 Å². The van der Waals surface area contributed by atoms with Crippen molar-refractivity contribution in [2.45, 2.75) is 12.5 Å². The van der Waals surface area contributed by atoms with Crippen LogP contribution in [0.1, 0.15) is 29.3 Å². The van der Waals surface area contributed by atoms with Gasteiger partial charge in [0.1, 0.15) is 5.69 Å². The third kappa shape index (κ3) is 4.72. The van der Waals surface area contributed by atoms with Crippen LogP contribution in [0.15, 0.2) is 102 Å². The Morgan fingerprint density at radius 3 is 1.76 bits per heavy atom. The van der Waals surface area contributed by atoms with Gasteiger partial charge in [0.05, 0.1) is 0 Å². The summed E-state index contributed by atoms with van der Waals surface area (Å²) in [6.45, 7) is 1.35. The molecule has 0 unspecified atom stereocenters. The molecule has 1 amide bonds. The van der Waals surface area contributed by atoms with Crippen LogP contribution in [-0.4, -0.2) is 27.7 Å². The number of carbonyl (C=O) groups excluding carboxylic acids is 1. The summed E-state index contributed by atoms with van der Waals surface area (Å²) in [5.74, 6) is -1.61. The van der Waals surface area contributed by atoms with Crippen molar-refractivity contribution in [2.75, 3.05) is 5.32 Å². The van der Waals surface area contributed by atoms with Crippen LogP contribution in [0.2, 0.25) is 0 Å². The van der Waals surface area contributed by atoms with E-state index in [1.807, 2.05) is 91.0 Å². The molecule has 8 heteroatoms. The molecule has 1 aromatic heterocycles. The smallest absolute Gasteiger partial charge is 0.360 e. The molecule has 0 saturated carbocycles. The summed E-state index contributed by atoms with van der Waals surface area (Å²) < 4.78 is 0. The fourth-order valence-electron chi connectivity index (χ4n) is 3.58. The molecule has 0 aliphatic rings. The summed E-state index contributed by atoms with van der Waals surface area (Å²) in [6.07, 6.45) is 0. The molecule has 1 heterocycles. The Kier molecular flexibility index (Phi) is 6.79. The van der Waals surface area contributed by atoms with Crippen molar-refractivity contribution in [1.82, 2.24) is 4.98 Å². The number of anilines is 1. The summed E-state index contributed by atoms with van der Waals surface area (Å²) in [6, 6.07) is 28.5. The number of carbonyl (C=O) groups is 2. The molecule has 0 aliphatic heterocycles. The molecule has 0 atom stereocenters. The Hall–Kier alpha value is -4.30. The van der Waals surface area contributed by atoms with Crippen molar-refractivity contribution in [2.24, 2.45) is 5.16 Å². The van der Waals surface area contributed by atoms with Crippen LogP contribution in [0.5, 0.6) is 0 Å². The lowest BCUT2D eigenvalue weighted by molar-refractivity contribution is -0.129. The second-order valence-corrected chi connectivity index (χ2v) is 8.19. The number of benzene rings is 3. The predicted molar refractivity (Wildman–Crippen MR) is 131 cm³/mol. The molecule has 7 nitrogen and oxygen atoms in total. The van der Waals surface area contributed by atoms with E-state index in [1.54, 1.807) is 0 Å². The van der Waals surface area contributed by atoms with E-state index in [2.05, 4.69) is 15.5 Å². The van der Waals surface area contributed by atoms with Gasteiger partial charge in [0.25, 0.3) is 0 Å². The first-order chi connectivity index (χ1) is 16.5. The minimum atomic E-state index is -1.30. The Bertz CT molecular complexity index is 1210. The Balaban J connectivity index is 1.88. The van der Waals surface area contributed by atoms with Crippen LogP contribution < -0.4 is 5.32 Å². The number of nitrogens with zero attached hydrogens (tertiary/aromatic N) is 2. The average Bonchev–Trinajstić information content (AvgIpc) is 3.30. The molecule has 3 aromatic carbocycles. The molecule has 0 saturated heterocycles. The van der Waals surface area contributed by atoms with Gasteiger partial charge in [-0.3, -0.25) is 4.79 Å². The van der Waals surface area contributed by atoms with Gasteiger partial charge in [-0.05, 0) is 0 Å². The van der Waals surface area contributed by atoms with Gasteiger partial charge in [-0.25, -0.2) is 9.78 Å². The third-order valence-electron chi connectivity index (χ3n) is 5.05. The van der Waals surface area contributed by atoms with Gasteiger partial charge in [-0.2, -0.15) is 0 Å². The van der Waals surface area contributed by atoms with Crippen LogP contribution in [-0.2, 0) is 20.0 Å². The first kappa shape index (κ1) is 22.9. The quantitative estimate of drug-likeness (QED) is 0.216. The number of nitrogens with one attached hydrogen (secondary N) is 1. The maximum Gasteiger partial charge on any atom is 0.360 e. The van der Waals surface area contributed by atoms with Gasteiger partial charge < -0.3 is 15.3 Å². The lowest BCUT2D eigenvalue weighted by atomic mass is 9.80. The highest BCUT2D eigenvalue weighted by Gasteiger charge is 2.40. The molecule has 0 aliphatic carbocycles. The molecule has 2 N–H and O–H groups in total. The van der Waals surface area contributed by atoms with E-state index in [0.717, 1.165) is 28.0 Å². The van der Waals surface area contributed by atoms with Crippen molar-refractivity contribution in [3.8, 4) is 0 Å². The van der Waals surface area contributed by atoms with Crippen molar-refractivity contribution in [3.63, 3.8) is 0 Å². The number of aliphatic carboxylic acids is 1. The molecule has 0 spiro atoms. The van der Waals surface area contributed by atoms with E-state index in [4.69, 9.17) is 4.84 Å². The molecular formula is C26H21N3O4S. The number of hydrogen-bond donors (Lipinski definition) is 2. The largest absolute Gasteiger partial charge is 0.476 e. The van der Waals surface area contributed by atoms with Crippen LogP contribution in [0.25, 0.3) is 0 Å². The highest BCUT2D eigenvalue weighted by molar-refractivity contribution is 7.14. The van der Waals surface area contributed by atoms with Crippen molar-refractivity contribution < 1.29 is 19.5 Å². The van der Waals surface area contributed by atoms with Crippen LogP contribution in [0.3, 0.4) is 0 Å². The molecule has 170 valence electrons. The van der Waals surface area contributed by atoms with E-state index in [0.29, 0.717) is 0 Å². The summed E-state index contributed by atoms with van der Waals surface area (Å²) >= 11 is 1.10. The maximum absolute atomic E-state index is 12.1. The fraction of sp³-hybridized carbons (Fsp3) is 0.0769. The first-order valence-corrected chi connectivity index (χ1v) is 11.3. The molecular weight excluding hydrogens is 450 g/mol. The first-order valence-electron chi connectivity index (χ1n) is 10.4. The highest BCUT2D eigenvalue weighted by Crippen LogP contribution is 2.40. The monoisotopic (exact) mass is 471 g/mol.